The summed E-state index contributed by atoms with van der Waals surface area (Å²) in [6, 6.07) is 17.3. The Morgan fingerprint density at radius 3 is 2.49 bits per heavy atom. The minimum atomic E-state index is -0.399. The lowest BCUT2D eigenvalue weighted by Crippen LogP contribution is -2.13. The molecule has 0 bridgehead atoms. The Balaban J connectivity index is 1.44. The van der Waals surface area contributed by atoms with Gasteiger partial charge in [-0.05, 0) is 68.3 Å². The van der Waals surface area contributed by atoms with E-state index < -0.39 is 5.82 Å². The highest BCUT2D eigenvalue weighted by atomic mass is 35.5. The zero-order valence-corrected chi connectivity index (χ0v) is 21.0. The highest BCUT2D eigenvalue weighted by Crippen LogP contribution is 2.27. The summed E-state index contributed by atoms with van der Waals surface area (Å²) in [7, 11) is 0. The summed E-state index contributed by atoms with van der Waals surface area (Å²) < 4.78 is 21.7. The smallest absolute Gasteiger partial charge is 0.255 e. The number of hydrogen-bond donors (Lipinski definition) is 1. The van der Waals surface area contributed by atoms with Gasteiger partial charge in [0.15, 0.2) is 0 Å². The third-order valence-electron chi connectivity index (χ3n) is 5.69. The Labute approximate surface area is 213 Å². The number of halogens is 3. The summed E-state index contributed by atoms with van der Waals surface area (Å²) in [4.78, 5) is 12.9. The molecule has 1 N–H and O–H groups in total. The van der Waals surface area contributed by atoms with Crippen LogP contribution in [0.4, 0.5) is 10.1 Å². The number of anilines is 1. The van der Waals surface area contributed by atoms with E-state index in [0.717, 1.165) is 11.1 Å². The van der Waals surface area contributed by atoms with Crippen LogP contribution in [0.15, 0.2) is 60.7 Å². The largest absolute Gasteiger partial charge is 0.487 e. The zero-order chi connectivity index (χ0) is 25.1. The van der Waals surface area contributed by atoms with Crippen LogP contribution in [0.25, 0.3) is 0 Å². The molecule has 3 aromatic carbocycles. The summed E-state index contributed by atoms with van der Waals surface area (Å²) in [6.45, 7) is 6.07. The minimum absolute atomic E-state index is 0.160. The van der Waals surface area contributed by atoms with Crippen LogP contribution in [0, 0.1) is 26.6 Å². The molecule has 1 amide bonds. The quantitative estimate of drug-likeness (QED) is 0.287. The first-order chi connectivity index (χ1) is 16.7. The average Bonchev–Trinajstić information content (AvgIpc) is 3.09. The van der Waals surface area contributed by atoms with Crippen LogP contribution in [-0.2, 0) is 13.2 Å². The zero-order valence-electron chi connectivity index (χ0n) is 19.5. The van der Waals surface area contributed by atoms with Gasteiger partial charge in [-0.3, -0.25) is 9.48 Å². The van der Waals surface area contributed by atoms with Crippen LogP contribution in [0.5, 0.6) is 5.75 Å². The van der Waals surface area contributed by atoms with Crippen molar-refractivity contribution in [2.75, 3.05) is 5.32 Å². The summed E-state index contributed by atoms with van der Waals surface area (Å²) in [5, 5.41) is 8.27. The van der Waals surface area contributed by atoms with E-state index >= 15 is 0 Å². The predicted octanol–water partition coefficient (Wildman–Crippen LogP) is 7.13. The summed E-state index contributed by atoms with van der Waals surface area (Å²) in [5.41, 5.74) is 4.72. The molecule has 0 saturated heterocycles. The summed E-state index contributed by atoms with van der Waals surface area (Å²) in [6.07, 6.45) is 0. The van der Waals surface area contributed by atoms with Crippen LogP contribution in [0.3, 0.4) is 0 Å². The van der Waals surface area contributed by atoms with Gasteiger partial charge in [0.2, 0.25) is 0 Å². The molecule has 0 fully saturated rings. The minimum Gasteiger partial charge on any atom is -0.487 e. The Hall–Kier alpha value is -3.35. The van der Waals surface area contributed by atoms with E-state index in [-0.39, 0.29) is 12.5 Å². The average molecular weight is 512 g/mol. The van der Waals surface area contributed by atoms with Crippen LogP contribution in [0.1, 0.15) is 38.4 Å². The van der Waals surface area contributed by atoms with E-state index in [4.69, 9.17) is 27.9 Å². The van der Waals surface area contributed by atoms with E-state index in [1.165, 1.54) is 6.07 Å². The number of carbonyl (C=O) groups is 1. The molecule has 180 valence electrons. The van der Waals surface area contributed by atoms with Crippen LogP contribution in [0.2, 0.25) is 10.0 Å². The number of benzene rings is 3. The monoisotopic (exact) mass is 511 g/mol. The molecule has 0 saturated carbocycles. The van der Waals surface area contributed by atoms with Crippen molar-refractivity contribution in [2.45, 2.75) is 33.9 Å². The number of ether oxygens (including phenoxy) is 1. The lowest BCUT2D eigenvalue weighted by atomic mass is 10.1. The van der Waals surface area contributed by atoms with Gasteiger partial charge in [0.05, 0.1) is 28.6 Å². The first-order valence-corrected chi connectivity index (χ1v) is 11.7. The van der Waals surface area contributed by atoms with Crippen molar-refractivity contribution in [1.82, 2.24) is 9.78 Å². The van der Waals surface area contributed by atoms with Crippen molar-refractivity contribution < 1.29 is 13.9 Å². The van der Waals surface area contributed by atoms with E-state index in [9.17, 15) is 9.18 Å². The molecule has 0 radical (unpaired) electrons. The van der Waals surface area contributed by atoms with Gasteiger partial charge >= 0.3 is 0 Å². The molecule has 1 heterocycles. The molecule has 4 rings (SSSR count). The molecule has 5 nitrogen and oxygen atoms in total. The van der Waals surface area contributed by atoms with Gasteiger partial charge < -0.3 is 10.1 Å². The van der Waals surface area contributed by atoms with Gasteiger partial charge in [-0.15, -0.1) is 0 Å². The second-order valence-electron chi connectivity index (χ2n) is 8.28. The third-order valence-corrected chi connectivity index (χ3v) is 6.35. The van der Waals surface area contributed by atoms with Gasteiger partial charge in [0, 0.05) is 16.1 Å². The van der Waals surface area contributed by atoms with E-state index in [0.29, 0.717) is 50.6 Å². The molecular formula is C27H24Cl2FN3O2. The molecule has 0 aliphatic rings. The third kappa shape index (κ3) is 5.66. The van der Waals surface area contributed by atoms with E-state index in [1.54, 1.807) is 41.9 Å². The first kappa shape index (κ1) is 24.8. The van der Waals surface area contributed by atoms with Crippen molar-refractivity contribution in [3.8, 4) is 5.75 Å². The van der Waals surface area contributed by atoms with Crippen molar-refractivity contribution in [3.05, 3.63) is 110 Å². The summed E-state index contributed by atoms with van der Waals surface area (Å²) in [5.74, 6) is -0.0497. The molecule has 8 heteroatoms. The number of carbonyl (C=O) groups excluding carboxylic acids is 1. The predicted molar refractivity (Wildman–Crippen MR) is 137 cm³/mol. The Morgan fingerprint density at radius 2 is 1.77 bits per heavy atom. The normalized spacial score (nSPS) is 10.9. The van der Waals surface area contributed by atoms with Gasteiger partial charge in [-0.25, -0.2) is 4.39 Å². The second-order valence-corrected chi connectivity index (χ2v) is 9.09. The highest BCUT2D eigenvalue weighted by molar-refractivity contribution is 6.32. The fourth-order valence-electron chi connectivity index (χ4n) is 3.69. The SMILES string of the molecule is Cc1ccc(Cl)c(OCc2ccc(C(=O)Nc3c(C)nn(Cc4c(F)cccc4Cl)c3C)cc2)c1. The maximum Gasteiger partial charge on any atom is 0.255 e. The molecule has 0 aliphatic heterocycles. The van der Waals surface area contributed by atoms with Gasteiger partial charge in [-0.2, -0.15) is 5.10 Å². The van der Waals surface area contributed by atoms with Gasteiger partial charge in [-0.1, -0.05) is 47.5 Å². The van der Waals surface area contributed by atoms with Crippen molar-refractivity contribution in [2.24, 2.45) is 0 Å². The maximum absolute atomic E-state index is 14.2. The van der Waals surface area contributed by atoms with Crippen molar-refractivity contribution in [1.29, 1.82) is 0 Å². The lowest BCUT2D eigenvalue weighted by molar-refractivity contribution is 0.102. The highest BCUT2D eigenvalue weighted by Gasteiger charge is 2.17. The summed E-state index contributed by atoms with van der Waals surface area (Å²) >= 11 is 12.3. The molecule has 4 aromatic rings. The standard InChI is InChI=1S/C27H24Cl2FN3O2/c1-16-7-12-23(29)25(13-16)35-15-19-8-10-20(11-9-19)27(34)31-26-17(2)32-33(18(26)3)14-21-22(28)5-4-6-24(21)30/h4-13H,14-15H2,1-3H3,(H,31,34). The van der Waals surface area contributed by atoms with Crippen LogP contribution < -0.4 is 10.1 Å². The lowest BCUT2D eigenvalue weighted by Gasteiger charge is -2.10. The van der Waals surface area contributed by atoms with Gasteiger partial charge in [0.25, 0.3) is 5.91 Å². The first-order valence-electron chi connectivity index (χ1n) is 11.0. The molecule has 1 aromatic heterocycles. The van der Waals surface area contributed by atoms with E-state index in [2.05, 4.69) is 10.4 Å². The fraction of sp³-hybridized carbons (Fsp3) is 0.185. The number of aromatic nitrogens is 2. The number of nitrogens with zero attached hydrogens (tertiary/aromatic N) is 2. The molecular weight excluding hydrogens is 488 g/mol. The Kier molecular flexibility index (Phi) is 7.43. The van der Waals surface area contributed by atoms with Crippen molar-refractivity contribution in [3.63, 3.8) is 0 Å². The number of nitrogens with one attached hydrogen (secondary N) is 1. The molecule has 0 aliphatic carbocycles. The van der Waals surface area contributed by atoms with E-state index in [1.807, 2.05) is 38.1 Å². The fourth-order valence-corrected chi connectivity index (χ4v) is 4.08. The number of amides is 1. The maximum atomic E-state index is 14.2. The molecule has 0 atom stereocenters. The topological polar surface area (TPSA) is 56.1 Å². The molecule has 0 unspecified atom stereocenters. The van der Waals surface area contributed by atoms with Gasteiger partial charge in [0.1, 0.15) is 18.2 Å². The second kappa shape index (κ2) is 10.5. The number of rotatable bonds is 7. The number of hydrogen-bond acceptors (Lipinski definition) is 3. The molecule has 35 heavy (non-hydrogen) atoms. The Morgan fingerprint density at radius 1 is 1.03 bits per heavy atom. The van der Waals surface area contributed by atoms with Crippen LogP contribution in [-0.4, -0.2) is 15.7 Å². The Bertz CT molecular complexity index is 1360. The van der Waals surface area contributed by atoms with Crippen LogP contribution >= 0.6 is 23.2 Å². The number of aryl methyl sites for hydroxylation is 2. The van der Waals surface area contributed by atoms with Crippen molar-refractivity contribution >= 4 is 34.8 Å². The molecule has 0 spiro atoms.